The zero-order valence-corrected chi connectivity index (χ0v) is 20.0. The summed E-state index contributed by atoms with van der Waals surface area (Å²) in [6.45, 7) is 0. The van der Waals surface area contributed by atoms with Gasteiger partial charge in [-0.1, -0.05) is 54.6 Å². The van der Waals surface area contributed by atoms with Crippen molar-refractivity contribution in [1.29, 1.82) is 5.41 Å². The van der Waals surface area contributed by atoms with Crippen LogP contribution in [0.1, 0.15) is 36.1 Å². The summed E-state index contributed by atoms with van der Waals surface area (Å²) in [5.74, 6) is -1.25. The topological polar surface area (TPSA) is 129 Å². The molecule has 1 aromatic heterocycles. The molecule has 1 unspecified atom stereocenters. The summed E-state index contributed by atoms with van der Waals surface area (Å²) in [6.07, 6.45) is 2.04. The second-order valence-electron chi connectivity index (χ2n) is 7.86. The van der Waals surface area contributed by atoms with Gasteiger partial charge in [0.2, 0.25) is 5.91 Å². The van der Waals surface area contributed by atoms with Crippen molar-refractivity contribution in [3.63, 3.8) is 0 Å². The lowest BCUT2D eigenvalue weighted by molar-refractivity contribution is -0.137. The van der Waals surface area contributed by atoms with Crippen LogP contribution in [0.3, 0.4) is 0 Å². The molecule has 5 N–H and O–H groups in total. The van der Waals surface area contributed by atoms with Gasteiger partial charge < -0.3 is 21.6 Å². The van der Waals surface area contributed by atoms with E-state index in [1.807, 2.05) is 78.2 Å². The number of nitrogens with zero attached hydrogens (tertiary/aromatic N) is 1. The van der Waals surface area contributed by atoms with Gasteiger partial charge in [-0.25, -0.2) is 0 Å². The number of aliphatic imine (C=N–C) groups is 1. The summed E-state index contributed by atoms with van der Waals surface area (Å²) < 4.78 is 0. The first-order chi connectivity index (χ1) is 16.9. The molecule has 0 saturated carbocycles. The maximum Gasteiger partial charge on any atom is 0.303 e. The van der Waals surface area contributed by atoms with Gasteiger partial charge in [-0.3, -0.25) is 14.6 Å². The van der Waals surface area contributed by atoms with E-state index in [-0.39, 0.29) is 31.6 Å². The molecule has 180 valence electrons. The number of nitrogens with two attached hydrogens (primary N) is 1. The number of amides is 1. The Morgan fingerprint density at radius 1 is 1.03 bits per heavy atom. The van der Waals surface area contributed by atoms with Crippen molar-refractivity contribution in [2.75, 3.05) is 0 Å². The van der Waals surface area contributed by atoms with E-state index in [1.165, 1.54) is 11.3 Å². The van der Waals surface area contributed by atoms with Crippen LogP contribution in [0, 0.1) is 5.41 Å². The minimum atomic E-state index is -0.947. The molecule has 0 aliphatic heterocycles. The molecule has 7 nitrogen and oxygen atoms in total. The first-order valence-electron chi connectivity index (χ1n) is 11.2. The molecule has 2 aromatic carbocycles. The molecule has 0 aliphatic carbocycles. The van der Waals surface area contributed by atoms with E-state index in [0.717, 1.165) is 16.1 Å². The Hall–Kier alpha value is -4.04. The number of hydrogen-bond donors (Lipinski definition) is 4. The lowest BCUT2D eigenvalue weighted by Gasteiger charge is -2.22. The highest BCUT2D eigenvalue weighted by Crippen LogP contribution is 2.22. The molecule has 1 heterocycles. The number of para-hydroxylation sites is 1. The van der Waals surface area contributed by atoms with Crippen LogP contribution in [0.2, 0.25) is 0 Å². The molecule has 0 bridgehead atoms. The zero-order chi connectivity index (χ0) is 25.0. The summed E-state index contributed by atoms with van der Waals surface area (Å²) in [7, 11) is 0. The number of carboxylic acid groups (broad SMARTS) is 1. The molecule has 0 spiro atoms. The standard InChI is InChI=1S/C27H28N4O3S/c28-22(24-13-8-16-35-24)17-23(31-25(32)14-7-15-26(33)34)21(18-30-20-11-5-2-6-12-20)27(29)19-9-3-1-4-10-19/h1-6,8-13,16,18,23,28H,7,14-15,17,29H2,(H,31,32)(H,33,34). The highest BCUT2D eigenvalue weighted by Gasteiger charge is 2.22. The van der Waals surface area contributed by atoms with Crippen molar-refractivity contribution < 1.29 is 14.7 Å². The molecule has 8 heteroatoms. The normalized spacial score (nSPS) is 12.7. The van der Waals surface area contributed by atoms with Gasteiger partial charge in [-0.05, 0) is 35.6 Å². The van der Waals surface area contributed by atoms with E-state index in [9.17, 15) is 9.59 Å². The lowest BCUT2D eigenvalue weighted by atomic mass is 9.96. The van der Waals surface area contributed by atoms with Gasteiger partial charge >= 0.3 is 5.97 Å². The summed E-state index contributed by atoms with van der Waals surface area (Å²) in [5, 5.41) is 22.4. The molecular formula is C27H28N4O3S. The van der Waals surface area contributed by atoms with Crippen molar-refractivity contribution in [2.45, 2.75) is 31.7 Å². The fraction of sp³-hybridized carbons (Fsp3) is 0.185. The van der Waals surface area contributed by atoms with Crippen molar-refractivity contribution in [2.24, 2.45) is 10.7 Å². The monoisotopic (exact) mass is 488 g/mol. The summed E-state index contributed by atoms with van der Waals surface area (Å²) in [6, 6.07) is 21.9. The van der Waals surface area contributed by atoms with Crippen LogP contribution >= 0.6 is 11.3 Å². The Bertz CT molecular complexity index is 1190. The predicted molar refractivity (Wildman–Crippen MR) is 141 cm³/mol. The number of aliphatic carboxylic acids is 1. The van der Waals surface area contributed by atoms with Gasteiger partial charge in [-0.15, -0.1) is 11.3 Å². The second-order valence-corrected chi connectivity index (χ2v) is 8.80. The molecule has 3 aromatic rings. The molecular weight excluding hydrogens is 460 g/mol. The SMILES string of the molecule is N=C(CC(NC(=O)CCCC(=O)O)C(C=Nc1ccccc1)=C(N)c1ccccc1)c1cccs1. The van der Waals surface area contributed by atoms with Crippen LogP contribution in [0.25, 0.3) is 5.70 Å². The highest BCUT2D eigenvalue weighted by molar-refractivity contribution is 7.12. The number of carboxylic acids is 1. The van der Waals surface area contributed by atoms with E-state index in [2.05, 4.69) is 10.3 Å². The molecule has 1 atom stereocenters. The first kappa shape index (κ1) is 25.6. The van der Waals surface area contributed by atoms with Crippen LogP contribution in [0.4, 0.5) is 5.69 Å². The van der Waals surface area contributed by atoms with E-state index in [4.69, 9.17) is 16.2 Å². The van der Waals surface area contributed by atoms with Crippen molar-refractivity contribution in [3.05, 3.63) is 94.2 Å². The van der Waals surface area contributed by atoms with Crippen molar-refractivity contribution in [3.8, 4) is 0 Å². The third-order valence-corrected chi connectivity index (χ3v) is 6.17. The first-order valence-corrected chi connectivity index (χ1v) is 12.1. The summed E-state index contributed by atoms with van der Waals surface area (Å²) >= 11 is 1.45. The van der Waals surface area contributed by atoms with Crippen LogP contribution in [0.5, 0.6) is 0 Å². The summed E-state index contributed by atoms with van der Waals surface area (Å²) in [4.78, 5) is 29.0. The third kappa shape index (κ3) is 8.04. The number of nitrogens with one attached hydrogen (secondary N) is 2. The number of hydrogen-bond acceptors (Lipinski definition) is 6. The number of carbonyl (C=O) groups excluding carboxylic acids is 1. The van der Waals surface area contributed by atoms with Gasteiger partial charge in [-0.2, -0.15) is 0 Å². The molecule has 35 heavy (non-hydrogen) atoms. The van der Waals surface area contributed by atoms with E-state index >= 15 is 0 Å². The molecule has 0 radical (unpaired) electrons. The third-order valence-electron chi connectivity index (χ3n) is 5.24. The molecule has 0 fully saturated rings. The van der Waals surface area contributed by atoms with Crippen LogP contribution in [-0.4, -0.2) is 35.0 Å². The average molecular weight is 489 g/mol. The number of thiophene rings is 1. The predicted octanol–water partition coefficient (Wildman–Crippen LogP) is 5.02. The smallest absolute Gasteiger partial charge is 0.303 e. The van der Waals surface area contributed by atoms with Crippen LogP contribution in [-0.2, 0) is 9.59 Å². The van der Waals surface area contributed by atoms with Crippen LogP contribution < -0.4 is 11.1 Å². The van der Waals surface area contributed by atoms with Crippen molar-refractivity contribution in [1.82, 2.24) is 5.32 Å². The molecule has 3 rings (SSSR count). The number of benzene rings is 2. The average Bonchev–Trinajstić information content (AvgIpc) is 3.40. The Morgan fingerprint density at radius 2 is 1.71 bits per heavy atom. The Kier molecular flexibility index (Phi) is 9.50. The highest BCUT2D eigenvalue weighted by atomic mass is 32.1. The molecule has 1 amide bonds. The Morgan fingerprint density at radius 3 is 2.34 bits per heavy atom. The van der Waals surface area contributed by atoms with E-state index in [1.54, 1.807) is 6.21 Å². The maximum absolute atomic E-state index is 12.8. The minimum absolute atomic E-state index is 0.0590. The van der Waals surface area contributed by atoms with Crippen molar-refractivity contribution >= 4 is 46.5 Å². The Labute approximate surface area is 208 Å². The number of rotatable bonds is 12. The number of carbonyl (C=O) groups is 2. The fourth-order valence-electron chi connectivity index (χ4n) is 3.45. The molecule has 0 aliphatic rings. The minimum Gasteiger partial charge on any atom is -0.481 e. The lowest BCUT2D eigenvalue weighted by Crippen LogP contribution is -2.39. The zero-order valence-electron chi connectivity index (χ0n) is 19.2. The van der Waals surface area contributed by atoms with Gasteiger partial charge in [0.1, 0.15) is 0 Å². The maximum atomic E-state index is 12.8. The second kappa shape index (κ2) is 13.0. The van der Waals surface area contributed by atoms with Crippen LogP contribution in [0.15, 0.2) is 88.7 Å². The van der Waals surface area contributed by atoms with Gasteiger partial charge in [0.25, 0.3) is 0 Å². The van der Waals surface area contributed by atoms with Gasteiger partial charge in [0.05, 0.1) is 17.4 Å². The quantitative estimate of drug-likeness (QED) is 0.267. The largest absolute Gasteiger partial charge is 0.481 e. The summed E-state index contributed by atoms with van der Waals surface area (Å²) in [5.41, 5.74) is 9.49. The van der Waals surface area contributed by atoms with Gasteiger partial charge in [0.15, 0.2) is 0 Å². The van der Waals surface area contributed by atoms with E-state index in [0.29, 0.717) is 17.0 Å². The van der Waals surface area contributed by atoms with E-state index < -0.39 is 12.0 Å². The van der Waals surface area contributed by atoms with Gasteiger partial charge in [0, 0.05) is 41.6 Å². The molecule has 0 saturated heterocycles. The Balaban J connectivity index is 1.97. The fourth-order valence-corrected chi connectivity index (χ4v) is 4.14.